The van der Waals surface area contributed by atoms with Gasteiger partial charge in [0, 0.05) is 31.6 Å². The minimum Gasteiger partial charge on any atom is -0.356 e. The Morgan fingerprint density at radius 1 is 1.04 bits per heavy atom. The van der Waals surface area contributed by atoms with E-state index in [1.165, 1.54) is 12.1 Å². The lowest BCUT2D eigenvalue weighted by Crippen LogP contribution is -2.31. The van der Waals surface area contributed by atoms with Crippen LogP contribution in [0, 0.1) is 15.9 Å². The number of rotatable bonds is 9. The fourth-order valence-electron chi connectivity index (χ4n) is 2.21. The molecule has 144 valence electrons. The molecule has 2 aromatic rings. The van der Waals surface area contributed by atoms with Crippen molar-refractivity contribution in [3.05, 3.63) is 70.0 Å². The van der Waals surface area contributed by atoms with Crippen LogP contribution in [-0.4, -0.2) is 32.3 Å². The van der Waals surface area contributed by atoms with Crippen LogP contribution < -0.4 is 10.0 Å². The van der Waals surface area contributed by atoms with Gasteiger partial charge < -0.3 is 5.32 Å². The predicted octanol–water partition coefficient (Wildman–Crippen LogP) is 1.76. The van der Waals surface area contributed by atoms with Gasteiger partial charge in [-0.2, -0.15) is 0 Å². The van der Waals surface area contributed by atoms with Gasteiger partial charge in [-0.05, 0) is 36.2 Å². The Morgan fingerprint density at radius 3 is 2.26 bits per heavy atom. The number of nitro benzene ring substituents is 1. The third kappa shape index (κ3) is 6.42. The second kappa shape index (κ2) is 9.19. The van der Waals surface area contributed by atoms with E-state index in [2.05, 4.69) is 10.0 Å². The number of nitrogens with zero attached hydrogens (tertiary/aromatic N) is 1. The Hall–Kier alpha value is -2.85. The van der Waals surface area contributed by atoms with Crippen molar-refractivity contribution in [2.45, 2.75) is 17.7 Å². The maximum atomic E-state index is 12.8. The van der Waals surface area contributed by atoms with Crippen LogP contribution >= 0.6 is 0 Å². The fourth-order valence-corrected chi connectivity index (χ4v) is 3.25. The number of hydrogen-bond donors (Lipinski definition) is 2. The molecular formula is C17H18FN3O5S. The summed E-state index contributed by atoms with van der Waals surface area (Å²) in [6.45, 7) is 0.237. The molecule has 0 saturated carbocycles. The standard InChI is InChI=1S/C17H18FN3O5S/c18-14-3-1-13(2-4-14)9-11-19-17(22)10-12-20-27(25,26)16-7-5-15(6-8-16)21(23)24/h1-8,20H,9-12H2,(H,19,22). The van der Waals surface area contributed by atoms with Crippen LogP contribution in [0.15, 0.2) is 53.4 Å². The zero-order chi connectivity index (χ0) is 19.9. The number of nitrogens with one attached hydrogen (secondary N) is 2. The summed E-state index contributed by atoms with van der Waals surface area (Å²) >= 11 is 0. The van der Waals surface area contributed by atoms with Crippen molar-refractivity contribution in [1.82, 2.24) is 10.0 Å². The van der Waals surface area contributed by atoms with E-state index in [1.807, 2.05) is 0 Å². The van der Waals surface area contributed by atoms with Crippen molar-refractivity contribution < 1.29 is 22.5 Å². The van der Waals surface area contributed by atoms with Gasteiger partial charge >= 0.3 is 0 Å². The Morgan fingerprint density at radius 2 is 1.67 bits per heavy atom. The van der Waals surface area contributed by atoms with Crippen LogP contribution in [0.25, 0.3) is 0 Å². The van der Waals surface area contributed by atoms with Crippen molar-refractivity contribution in [3.63, 3.8) is 0 Å². The Bertz CT molecular complexity index is 899. The van der Waals surface area contributed by atoms with Gasteiger partial charge in [0.15, 0.2) is 0 Å². The Balaban J connectivity index is 1.74. The molecule has 0 atom stereocenters. The number of hydrogen-bond acceptors (Lipinski definition) is 5. The van der Waals surface area contributed by atoms with Crippen LogP contribution in [0.1, 0.15) is 12.0 Å². The molecule has 0 aliphatic heterocycles. The highest BCUT2D eigenvalue weighted by Gasteiger charge is 2.15. The topological polar surface area (TPSA) is 118 Å². The second-order valence-corrected chi connectivity index (χ2v) is 7.39. The number of amides is 1. The lowest BCUT2D eigenvalue weighted by Gasteiger charge is -2.08. The number of non-ortho nitro benzene ring substituents is 1. The summed E-state index contributed by atoms with van der Waals surface area (Å²) in [6.07, 6.45) is 0.468. The molecule has 10 heteroatoms. The van der Waals surface area contributed by atoms with Crippen molar-refractivity contribution in [2.75, 3.05) is 13.1 Å². The largest absolute Gasteiger partial charge is 0.356 e. The third-order valence-corrected chi connectivity index (χ3v) is 5.13. The molecule has 0 heterocycles. The molecule has 1 amide bonds. The normalized spacial score (nSPS) is 11.1. The molecule has 0 aliphatic rings. The van der Waals surface area contributed by atoms with Crippen LogP contribution in [-0.2, 0) is 21.2 Å². The summed E-state index contributed by atoms with van der Waals surface area (Å²) < 4.78 is 39.2. The highest BCUT2D eigenvalue weighted by atomic mass is 32.2. The number of nitro groups is 1. The average molecular weight is 395 g/mol. The maximum absolute atomic E-state index is 12.8. The highest BCUT2D eigenvalue weighted by Crippen LogP contribution is 2.15. The van der Waals surface area contributed by atoms with Crippen LogP contribution in [0.5, 0.6) is 0 Å². The minimum absolute atomic E-state index is 0.0599. The van der Waals surface area contributed by atoms with Gasteiger partial charge in [0.2, 0.25) is 15.9 Å². The van der Waals surface area contributed by atoms with Crippen LogP contribution in [0.3, 0.4) is 0 Å². The first-order valence-electron chi connectivity index (χ1n) is 8.03. The highest BCUT2D eigenvalue weighted by molar-refractivity contribution is 7.89. The molecule has 0 aliphatic carbocycles. The smallest absolute Gasteiger partial charge is 0.269 e. The van der Waals surface area contributed by atoms with Gasteiger partial charge in [0.25, 0.3) is 5.69 Å². The van der Waals surface area contributed by atoms with E-state index in [9.17, 15) is 27.7 Å². The zero-order valence-corrected chi connectivity index (χ0v) is 15.0. The van der Waals surface area contributed by atoms with Gasteiger partial charge in [0.1, 0.15) is 5.82 Å². The molecule has 2 N–H and O–H groups in total. The summed E-state index contributed by atoms with van der Waals surface area (Å²) in [5.74, 6) is -0.661. The van der Waals surface area contributed by atoms with E-state index >= 15 is 0 Å². The quantitative estimate of drug-likeness (QED) is 0.495. The molecule has 0 fully saturated rings. The van der Waals surface area contributed by atoms with Crippen LogP contribution in [0.2, 0.25) is 0 Å². The number of benzene rings is 2. The van der Waals surface area contributed by atoms with Crippen molar-refractivity contribution >= 4 is 21.6 Å². The maximum Gasteiger partial charge on any atom is 0.269 e. The molecule has 0 aromatic heterocycles. The SMILES string of the molecule is O=C(CCNS(=O)(=O)c1ccc([N+](=O)[O-])cc1)NCCc1ccc(F)cc1. The lowest BCUT2D eigenvalue weighted by molar-refractivity contribution is -0.384. The first-order valence-corrected chi connectivity index (χ1v) is 9.51. The molecule has 2 rings (SSSR count). The van der Waals surface area contributed by atoms with E-state index in [4.69, 9.17) is 0 Å². The molecule has 0 bridgehead atoms. The molecule has 2 aromatic carbocycles. The van der Waals surface area contributed by atoms with E-state index in [1.54, 1.807) is 12.1 Å². The predicted molar refractivity (Wildman–Crippen MR) is 96.0 cm³/mol. The Kier molecular flexibility index (Phi) is 6.97. The molecule has 0 saturated heterocycles. The number of carbonyl (C=O) groups is 1. The lowest BCUT2D eigenvalue weighted by atomic mass is 10.1. The third-order valence-electron chi connectivity index (χ3n) is 3.65. The van der Waals surface area contributed by atoms with E-state index in [0.29, 0.717) is 13.0 Å². The monoisotopic (exact) mass is 395 g/mol. The second-order valence-electron chi connectivity index (χ2n) is 5.63. The first-order chi connectivity index (χ1) is 12.8. The van der Waals surface area contributed by atoms with E-state index in [-0.39, 0.29) is 35.3 Å². The van der Waals surface area contributed by atoms with Gasteiger partial charge in [-0.1, -0.05) is 12.1 Å². The van der Waals surface area contributed by atoms with Gasteiger partial charge in [-0.25, -0.2) is 17.5 Å². The molecule has 8 nitrogen and oxygen atoms in total. The molecule has 0 spiro atoms. The number of halogens is 1. The summed E-state index contributed by atoms with van der Waals surface area (Å²) in [4.78, 5) is 21.6. The van der Waals surface area contributed by atoms with Gasteiger partial charge in [-0.15, -0.1) is 0 Å². The minimum atomic E-state index is -3.85. The summed E-state index contributed by atoms with van der Waals surface area (Å²) in [6, 6.07) is 10.4. The summed E-state index contributed by atoms with van der Waals surface area (Å²) in [5.41, 5.74) is 0.657. The van der Waals surface area contributed by atoms with Crippen LogP contribution in [0.4, 0.5) is 10.1 Å². The molecule has 0 unspecified atom stereocenters. The summed E-state index contributed by atoms with van der Waals surface area (Å²) in [7, 11) is -3.85. The average Bonchev–Trinajstić information content (AvgIpc) is 2.63. The van der Waals surface area contributed by atoms with Crippen molar-refractivity contribution in [2.24, 2.45) is 0 Å². The zero-order valence-electron chi connectivity index (χ0n) is 14.2. The summed E-state index contributed by atoms with van der Waals surface area (Å²) in [5, 5.41) is 13.2. The number of carbonyl (C=O) groups excluding carboxylic acids is 1. The van der Waals surface area contributed by atoms with Crippen molar-refractivity contribution in [1.29, 1.82) is 0 Å². The van der Waals surface area contributed by atoms with E-state index in [0.717, 1.165) is 29.8 Å². The molecule has 0 radical (unpaired) electrons. The first kappa shape index (κ1) is 20.5. The van der Waals surface area contributed by atoms with Crippen molar-refractivity contribution in [3.8, 4) is 0 Å². The molecule has 27 heavy (non-hydrogen) atoms. The fraction of sp³-hybridized carbons (Fsp3) is 0.235. The van der Waals surface area contributed by atoms with E-state index < -0.39 is 14.9 Å². The Labute approximate surface area is 155 Å². The van der Waals surface area contributed by atoms with Gasteiger partial charge in [-0.3, -0.25) is 14.9 Å². The number of sulfonamides is 1. The molecular weight excluding hydrogens is 377 g/mol. The van der Waals surface area contributed by atoms with Gasteiger partial charge in [0.05, 0.1) is 9.82 Å².